The molecule has 0 amide bonds. The lowest BCUT2D eigenvalue weighted by Crippen LogP contribution is -2.11. The molecule has 8 nitrogen and oxygen atoms in total. The van der Waals surface area contributed by atoms with Gasteiger partial charge < -0.3 is 13.9 Å². The Morgan fingerprint density at radius 3 is 2.21 bits per heavy atom. The molecule has 168 valence electrons. The van der Waals surface area contributed by atoms with Crippen molar-refractivity contribution in [3.63, 3.8) is 0 Å². The number of esters is 1. The van der Waals surface area contributed by atoms with Gasteiger partial charge in [-0.1, -0.05) is 30.3 Å². The summed E-state index contributed by atoms with van der Waals surface area (Å²) in [5.41, 5.74) is 2.31. The molecule has 0 saturated carbocycles. The Morgan fingerprint density at radius 1 is 0.939 bits per heavy atom. The standard InChI is InChI=1S/C24H20N2O6S/c1-2-30-23(27)18-8-12-19(13-9-18)31-24-26-21(16-6-4-3-5-7-16)22(32-24)17-10-14-20(15-11-17)33(25,28)29/h3-15H,2H2,1H3,(H2,25,28,29). The summed E-state index contributed by atoms with van der Waals surface area (Å²) in [5, 5.41) is 5.19. The van der Waals surface area contributed by atoms with Crippen LogP contribution in [0, 0.1) is 0 Å². The highest BCUT2D eigenvalue weighted by molar-refractivity contribution is 7.89. The van der Waals surface area contributed by atoms with Crippen LogP contribution in [0.5, 0.6) is 11.8 Å². The molecule has 0 aliphatic carbocycles. The van der Waals surface area contributed by atoms with Crippen molar-refractivity contribution in [3.8, 4) is 34.4 Å². The van der Waals surface area contributed by atoms with Crippen LogP contribution >= 0.6 is 0 Å². The zero-order valence-electron chi connectivity index (χ0n) is 17.6. The first-order valence-electron chi connectivity index (χ1n) is 9.99. The van der Waals surface area contributed by atoms with E-state index in [0.717, 1.165) is 5.56 Å². The molecule has 0 atom stereocenters. The van der Waals surface area contributed by atoms with Crippen molar-refractivity contribution in [2.45, 2.75) is 11.8 Å². The number of nitrogens with zero attached hydrogens (tertiary/aromatic N) is 1. The van der Waals surface area contributed by atoms with E-state index in [1.165, 1.54) is 12.1 Å². The molecular weight excluding hydrogens is 444 g/mol. The first-order chi connectivity index (χ1) is 15.8. The van der Waals surface area contributed by atoms with Gasteiger partial charge >= 0.3 is 12.0 Å². The second kappa shape index (κ2) is 9.27. The fourth-order valence-corrected chi connectivity index (χ4v) is 3.62. The van der Waals surface area contributed by atoms with Gasteiger partial charge in [0, 0.05) is 11.1 Å². The van der Waals surface area contributed by atoms with Crippen LogP contribution in [0.4, 0.5) is 0 Å². The summed E-state index contributed by atoms with van der Waals surface area (Å²) < 4.78 is 39.8. The van der Waals surface area contributed by atoms with Crippen LogP contribution in [-0.4, -0.2) is 26.0 Å². The lowest BCUT2D eigenvalue weighted by Gasteiger charge is -2.04. The Hall–Kier alpha value is -3.95. The zero-order valence-corrected chi connectivity index (χ0v) is 18.4. The van der Waals surface area contributed by atoms with Crippen LogP contribution in [0.1, 0.15) is 17.3 Å². The van der Waals surface area contributed by atoms with Crippen LogP contribution in [0.15, 0.2) is 88.2 Å². The second-order valence-corrected chi connectivity index (χ2v) is 8.50. The molecule has 1 aromatic heterocycles. The highest BCUT2D eigenvalue weighted by atomic mass is 32.2. The highest BCUT2D eigenvalue weighted by Gasteiger charge is 2.19. The smallest absolute Gasteiger partial charge is 0.400 e. The number of primary sulfonamides is 1. The van der Waals surface area contributed by atoms with Crippen LogP contribution in [0.3, 0.4) is 0 Å². The molecule has 0 aliphatic heterocycles. The molecule has 33 heavy (non-hydrogen) atoms. The van der Waals surface area contributed by atoms with E-state index in [1.54, 1.807) is 43.3 Å². The minimum Gasteiger partial charge on any atom is -0.462 e. The molecule has 4 rings (SSSR count). The number of sulfonamides is 1. The molecule has 1 heterocycles. The molecule has 0 radical (unpaired) electrons. The second-order valence-electron chi connectivity index (χ2n) is 6.94. The number of carbonyl (C=O) groups excluding carboxylic acids is 1. The normalized spacial score (nSPS) is 11.2. The number of ether oxygens (including phenoxy) is 2. The van der Waals surface area contributed by atoms with Crippen LogP contribution < -0.4 is 9.88 Å². The molecule has 2 N–H and O–H groups in total. The van der Waals surface area contributed by atoms with Gasteiger partial charge in [0.1, 0.15) is 11.4 Å². The number of rotatable bonds is 7. The van der Waals surface area contributed by atoms with Gasteiger partial charge in [-0.2, -0.15) is 4.98 Å². The van der Waals surface area contributed by atoms with Gasteiger partial charge in [0.2, 0.25) is 10.0 Å². The van der Waals surface area contributed by atoms with E-state index >= 15 is 0 Å². The lowest BCUT2D eigenvalue weighted by molar-refractivity contribution is 0.0526. The monoisotopic (exact) mass is 464 g/mol. The van der Waals surface area contributed by atoms with Crippen molar-refractivity contribution in [3.05, 3.63) is 84.4 Å². The van der Waals surface area contributed by atoms with E-state index in [-0.39, 0.29) is 17.6 Å². The summed E-state index contributed by atoms with van der Waals surface area (Å²) in [6.45, 7) is 2.03. The Kier molecular flexibility index (Phi) is 6.25. The van der Waals surface area contributed by atoms with Crippen molar-refractivity contribution < 1.29 is 27.1 Å². The van der Waals surface area contributed by atoms with Gasteiger partial charge in [0.05, 0.1) is 17.1 Å². The topological polar surface area (TPSA) is 122 Å². The van der Waals surface area contributed by atoms with Gasteiger partial charge in [0.15, 0.2) is 5.76 Å². The average molecular weight is 464 g/mol. The molecule has 9 heteroatoms. The Bertz CT molecular complexity index is 1360. The molecule has 3 aromatic carbocycles. The number of benzene rings is 3. The summed E-state index contributed by atoms with van der Waals surface area (Å²) in [6, 6.07) is 21.7. The molecule has 0 spiro atoms. The molecule has 0 unspecified atom stereocenters. The van der Waals surface area contributed by atoms with E-state index < -0.39 is 16.0 Å². The maximum absolute atomic E-state index is 11.8. The first kappa shape index (κ1) is 22.3. The van der Waals surface area contributed by atoms with Crippen molar-refractivity contribution >= 4 is 16.0 Å². The molecule has 0 bridgehead atoms. The first-order valence-corrected chi connectivity index (χ1v) is 11.5. The predicted octanol–water partition coefficient (Wildman–Crippen LogP) is 4.63. The minimum absolute atomic E-state index is 0.00908. The fraction of sp³-hybridized carbons (Fsp3) is 0.0833. The van der Waals surface area contributed by atoms with E-state index in [2.05, 4.69) is 4.98 Å². The largest absolute Gasteiger partial charge is 0.462 e. The van der Waals surface area contributed by atoms with Gasteiger partial charge in [-0.05, 0) is 55.5 Å². The van der Waals surface area contributed by atoms with Gasteiger partial charge in [0.25, 0.3) is 0 Å². The quantitative estimate of drug-likeness (QED) is 0.396. The number of hydrogen-bond acceptors (Lipinski definition) is 7. The number of nitrogens with two attached hydrogens (primary N) is 1. The SMILES string of the molecule is CCOC(=O)c1ccc(Oc2nc(-c3ccccc3)c(-c3ccc(S(N)(=O)=O)cc3)o2)cc1. The fourth-order valence-electron chi connectivity index (χ4n) is 3.10. The molecule has 0 aliphatic rings. The van der Waals surface area contributed by atoms with E-state index in [0.29, 0.717) is 28.3 Å². The Morgan fingerprint density at radius 2 is 1.61 bits per heavy atom. The van der Waals surface area contributed by atoms with E-state index in [1.807, 2.05) is 30.3 Å². The summed E-state index contributed by atoms with van der Waals surface area (Å²) in [4.78, 5) is 16.3. The highest BCUT2D eigenvalue weighted by Crippen LogP contribution is 2.36. The van der Waals surface area contributed by atoms with Crippen LogP contribution in [-0.2, 0) is 14.8 Å². The third-order valence-corrected chi connectivity index (χ3v) is 5.60. The Labute approximate surface area is 190 Å². The van der Waals surface area contributed by atoms with E-state index in [9.17, 15) is 13.2 Å². The molecule has 0 saturated heterocycles. The van der Waals surface area contributed by atoms with Crippen molar-refractivity contribution in [2.75, 3.05) is 6.61 Å². The van der Waals surface area contributed by atoms with Gasteiger partial charge in [-0.25, -0.2) is 18.4 Å². The van der Waals surface area contributed by atoms with Crippen molar-refractivity contribution in [1.82, 2.24) is 4.98 Å². The summed E-state index contributed by atoms with van der Waals surface area (Å²) in [7, 11) is -3.82. The summed E-state index contributed by atoms with van der Waals surface area (Å²) in [5.74, 6) is 0.400. The van der Waals surface area contributed by atoms with Gasteiger partial charge in [-0.15, -0.1) is 0 Å². The maximum atomic E-state index is 11.8. The molecular formula is C24H20N2O6S. The average Bonchev–Trinajstić information content (AvgIpc) is 3.23. The molecule has 0 fully saturated rings. The van der Waals surface area contributed by atoms with E-state index in [4.69, 9.17) is 19.0 Å². The van der Waals surface area contributed by atoms with Crippen LogP contribution in [0.2, 0.25) is 0 Å². The maximum Gasteiger partial charge on any atom is 0.400 e. The van der Waals surface area contributed by atoms with Crippen LogP contribution in [0.25, 0.3) is 22.6 Å². The summed E-state index contributed by atoms with van der Waals surface area (Å²) >= 11 is 0. The summed E-state index contributed by atoms with van der Waals surface area (Å²) in [6.07, 6.45) is -0.0109. The number of aromatic nitrogens is 1. The number of hydrogen-bond donors (Lipinski definition) is 1. The zero-order chi connectivity index (χ0) is 23.4. The third-order valence-electron chi connectivity index (χ3n) is 4.67. The number of oxazole rings is 1. The lowest BCUT2D eigenvalue weighted by atomic mass is 10.1. The number of carbonyl (C=O) groups is 1. The minimum atomic E-state index is -3.82. The third kappa shape index (κ3) is 5.11. The van der Waals surface area contributed by atoms with Crippen molar-refractivity contribution in [2.24, 2.45) is 5.14 Å². The molecule has 4 aromatic rings. The predicted molar refractivity (Wildman–Crippen MR) is 121 cm³/mol. The Balaban J connectivity index is 1.68. The van der Waals surface area contributed by atoms with Gasteiger partial charge in [-0.3, -0.25) is 0 Å². The van der Waals surface area contributed by atoms with Crippen molar-refractivity contribution in [1.29, 1.82) is 0 Å².